The second kappa shape index (κ2) is 5.94. The second-order valence-electron chi connectivity index (χ2n) is 1.56. The van der Waals surface area contributed by atoms with Crippen molar-refractivity contribution >= 4 is 46.5 Å². The summed E-state index contributed by atoms with van der Waals surface area (Å²) in [4.78, 5) is 7.61. The molecule has 0 bridgehead atoms. The Balaban J connectivity index is 0.000000461. The van der Waals surface area contributed by atoms with Crippen LogP contribution >= 0.6 is 46.5 Å². The fourth-order valence-electron chi connectivity index (χ4n) is 0.428. The van der Waals surface area contributed by atoms with Gasteiger partial charge in [-0.05, 0) is 6.92 Å². The monoisotopic (exact) mass is 228 g/mol. The molecule has 1 heterocycles. The van der Waals surface area contributed by atoms with Crippen molar-refractivity contribution in [2.75, 3.05) is 0 Å². The Morgan fingerprint density at radius 3 is 2.27 bits per heavy atom. The van der Waals surface area contributed by atoms with E-state index in [1.54, 1.807) is 6.92 Å². The van der Waals surface area contributed by atoms with E-state index >= 15 is 0 Å². The fourth-order valence-corrected chi connectivity index (χ4v) is 0.690. The van der Waals surface area contributed by atoms with Crippen LogP contribution in [0.15, 0.2) is 6.20 Å². The van der Waals surface area contributed by atoms with E-state index < -0.39 is 0 Å². The summed E-state index contributed by atoms with van der Waals surface area (Å²) in [5.74, 6) is 0.629. The first-order chi connectivity index (χ1) is 5.20. The zero-order valence-corrected chi connectivity index (χ0v) is 8.92. The van der Waals surface area contributed by atoms with Crippen LogP contribution < -0.4 is 0 Å². The highest BCUT2D eigenvalue weighted by Gasteiger charge is 1.96. The third kappa shape index (κ3) is 4.06. The van der Waals surface area contributed by atoms with Crippen LogP contribution in [0.3, 0.4) is 0 Å². The van der Waals surface area contributed by atoms with Gasteiger partial charge < -0.3 is 0 Å². The van der Waals surface area contributed by atoms with E-state index in [1.807, 2.05) is 0 Å². The zero-order valence-electron chi connectivity index (χ0n) is 5.62. The van der Waals surface area contributed by atoms with E-state index in [0.717, 1.165) is 0 Å². The maximum Gasteiger partial charge on any atom is 0.151 e. The normalized spacial score (nSPS) is 8.45. The summed E-state index contributed by atoms with van der Waals surface area (Å²) in [5, 5.41) is 0.700. The molecule has 0 amide bonds. The summed E-state index contributed by atoms with van der Waals surface area (Å²) in [5.41, 5.74) is 0. The van der Waals surface area contributed by atoms with Gasteiger partial charge in [-0.3, -0.25) is 0 Å². The molecule has 0 unspecified atom stereocenters. The van der Waals surface area contributed by atoms with Crippen molar-refractivity contribution in [3.05, 3.63) is 22.2 Å². The first-order valence-corrected chi connectivity index (χ1v) is 4.90. The van der Waals surface area contributed by atoms with E-state index in [4.69, 9.17) is 23.2 Å². The minimum Gasteiger partial charge on any atom is -0.240 e. The van der Waals surface area contributed by atoms with Crippen molar-refractivity contribution in [2.45, 2.75) is 6.92 Å². The molecule has 0 aliphatic heterocycles. The van der Waals surface area contributed by atoms with Crippen LogP contribution in [-0.4, -0.2) is 9.97 Å². The first-order valence-electron chi connectivity index (χ1n) is 2.55. The minimum atomic E-state index is 0.309. The van der Waals surface area contributed by atoms with Gasteiger partial charge in [0.05, 0.1) is 11.2 Å². The lowest BCUT2D eigenvalue weighted by molar-refractivity contribution is 1.05. The summed E-state index contributed by atoms with van der Waals surface area (Å²) in [6, 6.07) is 0. The van der Waals surface area contributed by atoms with Gasteiger partial charge in [0.2, 0.25) is 0 Å². The van der Waals surface area contributed by atoms with Crippen LogP contribution in [0.5, 0.6) is 0 Å². The molecule has 0 atom stereocenters. The molecule has 1 aromatic rings. The van der Waals surface area contributed by atoms with E-state index in [0.29, 0.717) is 16.0 Å². The highest BCUT2D eigenvalue weighted by atomic mass is 35.5. The Morgan fingerprint density at radius 2 is 1.91 bits per heavy atom. The van der Waals surface area contributed by atoms with Crippen LogP contribution in [0.2, 0.25) is 10.2 Å². The molecular weight excluding hydrogens is 223 g/mol. The van der Waals surface area contributed by atoms with Crippen molar-refractivity contribution in [1.82, 2.24) is 9.97 Å². The Morgan fingerprint density at radius 1 is 1.36 bits per heavy atom. The Labute approximate surface area is 85.6 Å². The highest BCUT2D eigenvalue weighted by molar-refractivity contribution is 8.59. The van der Waals surface area contributed by atoms with Crippen molar-refractivity contribution in [2.24, 2.45) is 0 Å². The molecule has 11 heavy (non-hydrogen) atoms. The topological polar surface area (TPSA) is 25.8 Å². The maximum atomic E-state index is 5.53. The molecule has 0 spiro atoms. The summed E-state index contributed by atoms with van der Waals surface area (Å²) < 4.78 is 0. The van der Waals surface area contributed by atoms with Gasteiger partial charge >= 0.3 is 0 Å². The highest BCUT2D eigenvalue weighted by Crippen LogP contribution is 2.16. The van der Waals surface area contributed by atoms with Crippen LogP contribution in [0.1, 0.15) is 5.82 Å². The molecule has 1 aromatic heterocycles. The Kier molecular flexibility index (Phi) is 6.14. The predicted octanol–water partition coefficient (Wildman–Crippen LogP) is 2.85. The summed E-state index contributed by atoms with van der Waals surface area (Å²) in [6.45, 7) is 1.75. The standard InChI is InChI=1S/C5H4Cl2N2.H2S2/c1-3-8-2-4(6)5(7)9-3;1-2/h2H,1H3;1-2H. The Bertz CT molecular complexity index is 232. The second-order valence-corrected chi connectivity index (χ2v) is 2.32. The molecule has 62 valence electrons. The number of hydrogen-bond acceptors (Lipinski definition) is 4. The summed E-state index contributed by atoms with van der Waals surface area (Å²) in [6.07, 6.45) is 1.48. The summed E-state index contributed by atoms with van der Waals surface area (Å²) in [7, 11) is 0. The molecule has 0 aromatic carbocycles. The van der Waals surface area contributed by atoms with Gasteiger partial charge in [0.15, 0.2) is 5.15 Å². The van der Waals surface area contributed by atoms with Crippen molar-refractivity contribution in [3.8, 4) is 0 Å². The lowest BCUT2D eigenvalue weighted by Gasteiger charge is -1.92. The lowest BCUT2D eigenvalue weighted by atomic mass is 10.6. The molecule has 0 N–H and O–H groups in total. The molecule has 0 radical (unpaired) electrons. The molecular formula is C5H6Cl2N2S2. The van der Waals surface area contributed by atoms with Crippen molar-refractivity contribution in [1.29, 1.82) is 0 Å². The number of nitrogens with zero attached hydrogens (tertiary/aromatic N) is 2. The number of aromatic nitrogens is 2. The number of halogens is 2. The number of hydrogen-bond donors (Lipinski definition) is 2. The summed E-state index contributed by atoms with van der Waals surface area (Å²) >= 11 is 17.5. The lowest BCUT2D eigenvalue weighted by Crippen LogP contribution is -1.85. The molecule has 0 saturated carbocycles. The van der Waals surface area contributed by atoms with Gasteiger partial charge in [-0.1, -0.05) is 23.2 Å². The van der Waals surface area contributed by atoms with Gasteiger partial charge in [-0.15, -0.1) is 23.3 Å². The third-order valence-corrected chi connectivity index (χ3v) is 1.48. The van der Waals surface area contributed by atoms with Crippen LogP contribution in [-0.2, 0) is 0 Å². The van der Waals surface area contributed by atoms with Crippen molar-refractivity contribution in [3.63, 3.8) is 0 Å². The van der Waals surface area contributed by atoms with E-state index in [9.17, 15) is 0 Å². The largest absolute Gasteiger partial charge is 0.240 e. The minimum absolute atomic E-state index is 0.309. The quantitative estimate of drug-likeness (QED) is 0.406. The van der Waals surface area contributed by atoms with E-state index in [2.05, 4.69) is 33.3 Å². The molecule has 0 saturated heterocycles. The van der Waals surface area contributed by atoms with E-state index in [-0.39, 0.29) is 0 Å². The smallest absolute Gasteiger partial charge is 0.151 e. The van der Waals surface area contributed by atoms with Gasteiger partial charge in [0, 0.05) is 0 Å². The van der Waals surface area contributed by atoms with Gasteiger partial charge in [0.1, 0.15) is 5.82 Å². The Hall–Kier alpha value is 0.360. The van der Waals surface area contributed by atoms with E-state index in [1.165, 1.54) is 6.20 Å². The van der Waals surface area contributed by atoms with Gasteiger partial charge in [0.25, 0.3) is 0 Å². The zero-order chi connectivity index (χ0) is 8.85. The molecule has 2 nitrogen and oxygen atoms in total. The molecule has 6 heteroatoms. The average Bonchev–Trinajstić information content (AvgIpc) is 2.02. The fraction of sp³-hybridized carbons (Fsp3) is 0.200. The average molecular weight is 229 g/mol. The predicted molar refractivity (Wildman–Crippen MR) is 54.8 cm³/mol. The SMILES string of the molecule is Cc1ncc(Cl)c(Cl)n1.SS. The maximum absolute atomic E-state index is 5.53. The number of rotatable bonds is 0. The number of aryl methyl sites for hydroxylation is 1. The third-order valence-electron chi connectivity index (χ3n) is 0.822. The first kappa shape index (κ1) is 11.4. The molecule has 0 fully saturated rings. The molecule has 0 aliphatic carbocycles. The number of thiol groups is 2. The molecule has 0 aliphatic rings. The van der Waals surface area contributed by atoms with Gasteiger partial charge in [-0.2, -0.15) is 0 Å². The van der Waals surface area contributed by atoms with Crippen LogP contribution in [0.4, 0.5) is 0 Å². The van der Waals surface area contributed by atoms with Crippen molar-refractivity contribution < 1.29 is 0 Å². The van der Waals surface area contributed by atoms with Gasteiger partial charge in [-0.25, -0.2) is 9.97 Å². The van der Waals surface area contributed by atoms with Crippen LogP contribution in [0.25, 0.3) is 0 Å². The van der Waals surface area contributed by atoms with Crippen LogP contribution in [0, 0.1) is 6.92 Å². The molecule has 1 rings (SSSR count).